The molecule has 0 spiro atoms. The summed E-state index contributed by atoms with van der Waals surface area (Å²) in [5.74, 6) is -2.84. The number of esters is 2. The van der Waals surface area contributed by atoms with Gasteiger partial charge in [0.05, 0.1) is 51.3 Å². The largest absolute Gasteiger partial charge is 0.493 e. The van der Waals surface area contributed by atoms with Gasteiger partial charge in [-0.3, -0.25) is 19.2 Å². The minimum absolute atomic E-state index is 0.00768. The molecule has 0 radical (unpaired) electrons. The third kappa shape index (κ3) is 7.61. The van der Waals surface area contributed by atoms with Crippen molar-refractivity contribution in [2.24, 2.45) is 5.41 Å². The number of benzene rings is 3. The first kappa shape index (κ1) is 34.3. The van der Waals surface area contributed by atoms with Crippen molar-refractivity contribution in [3.8, 4) is 17.2 Å². The van der Waals surface area contributed by atoms with Crippen LogP contribution in [-0.4, -0.2) is 58.0 Å². The smallest absolute Gasteiger partial charge is 0.311 e. The van der Waals surface area contributed by atoms with Crippen LogP contribution in [0, 0.1) is 17.0 Å². The SMILES string of the molecule is COC(=O)CCC(=O)c1ccc2c(F)c(OCCCOc3c(OC)cc4sc(C(=O)CC(C)(C)C(=O)OC)cc4c3F)ccc2c1. The van der Waals surface area contributed by atoms with Crippen LogP contribution in [0.4, 0.5) is 8.78 Å². The highest BCUT2D eigenvalue weighted by Crippen LogP contribution is 2.41. The Labute approximate surface area is 268 Å². The van der Waals surface area contributed by atoms with Crippen molar-refractivity contribution in [2.75, 3.05) is 34.5 Å². The predicted octanol–water partition coefficient (Wildman–Crippen LogP) is 7.10. The average molecular weight is 657 g/mol. The number of thiophene rings is 1. The van der Waals surface area contributed by atoms with Gasteiger partial charge in [-0.1, -0.05) is 18.2 Å². The molecule has 9 nitrogen and oxygen atoms in total. The number of methoxy groups -OCH3 is 3. The van der Waals surface area contributed by atoms with E-state index in [0.29, 0.717) is 15.6 Å². The Hall–Kier alpha value is -4.58. The molecular formula is C34H34F2O9S. The highest BCUT2D eigenvalue weighted by molar-refractivity contribution is 7.20. The molecule has 0 aliphatic rings. The molecule has 0 fully saturated rings. The summed E-state index contributed by atoms with van der Waals surface area (Å²) in [6.45, 7) is 3.30. The topological polar surface area (TPSA) is 114 Å². The Kier molecular flexibility index (Phi) is 10.9. The van der Waals surface area contributed by atoms with Gasteiger partial charge in [0, 0.05) is 46.4 Å². The number of hydrogen-bond donors (Lipinski definition) is 0. The van der Waals surface area contributed by atoms with Gasteiger partial charge in [0.1, 0.15) is 0 Å². The summed E-state index contributed by atoms with van der Waals surface area (Å²) in [6, 6.07) is 10.7. The van der Waals surface area contributed by atoms with E-state index in [2.05, 4.69) is 4.74 Å². The molecule has 0 atom stereocenters. The number of ketones is 2. The van der Waals surface area contributed by atoms with E-state index in [1.165, 1.54) is 45.6 Å². The second-order valence-electron chi connectivity index (χ2n) is 11.1. The third-order valence-corrected chi connectivity index (χ3v) is 8.46. The Balaban J connectivity index is 1.38. The lowest BCUT2D eigenvalue weighted by molar-refractivity contribution is -0.150. The summed E-state index contributed by atoms with van der Waals surface area (Å²) in [7, 11) is 3.88. The van der Waals surface area contributed by atoms with Gasteiger partial charge in [-0.25, -0.2) is 8.78 Å². The highest BCUT2D eigenvalue weighted by atomic mass is 32.1. The number of carbonyl (C=O) groups is 4. The fraction of sp³-hybridized carbons (Fsp3) is 0.353. The number of halogens is 2. The minimum atomic E-state index is -1.04. The van der Waals surface area contributed by atoms with Crippen LogP contribution in [0.15, 0.2) is 42.5 Å². The first-order valence-corrected chi connectivity index (χ1v) is 15.2. The summed E-state index contributed by atoms with van der Waals surface area (Å²) >= 11 is 1.09. The van der Waals surface area contributed by atoms with Crippen LogP contribution in [0.2, 0.25) is 0 Å². The van der Waals surface area contributed by atoms with Gasteiger partial charge in [-0.05, 0) is 37.4 Å². The van der Waals surface area contributed by atoms with E-state index in [0.717, 1.165) is 11.3 Å². The molecule has 244 valence electrons. The van der Waals surface area contributed by atoms with Gasteiger partial charge >= 0.3 is 11.9 Å². The molecule has 1 heterocycles. The lowest BCUT2D eigenvalue weighted by atomic mass is 9.87. The van der Waals surface area contributed by atoms with Gasteiger partial charge in [0.15, 0.2) is 40.4 Å². The lowest BCUT2D eigenvalue weighted by Crippen LogP contribution is -2.28. The minimum Gasteiger partial charge on any atom is -0.493 e. The van der Waals surface area contributed by atoms with Crippen LogP contribution in [-0.2, 0) is 19.1 Å². The van der Waals surface area contributed by atoms with Gasteiger partial charge in [-0.2, -0.15) is 0 Å². The zero-order chi connectivity index (χ0) is 33.6. The van der Waals surface area contributed by atoms with E-state index in [9.17, 15) is 19.2 Å². The molecule has 12 heteroatoms. The second-order valence-corrected chi connectivity index (χ2v) is 12.2. The van der Waals surface area contributed by atoms with E-state index < -0.39 is 29.0 Å². The van der Waals surface area contributed by atoms with Gasteiger partial charge in [0.25, 0.3) is 0 Å². The number of ether oxygens (including phenoxy) is 5. The van der Waals surface area contributed by atoms with E-state index in [1.807, 2.05) is 0 Å². The van der Waals surface area contributed by atoms with Crippen LogP contribution in [0.25, 0.3) is 20.9 Å². The molecule has 0 amide bonds. The molecule has 0 N–H and O–H groups in total. The lowest BCUT2D eigenvalue weighted by Gasteiger charge is -2.19. The molecule has 46 heavy (non-hydrogen) atoms. The molecule has 0 unspecified atom stereocenters. The normalized spacial score (nSPS) is 11.4. The zero-order valence-electron chi connectivity index (χ0n) is 26.1. The maximum atomic E-state index is 15.6. The Morgan fingerprint density at radius 2 is 1.52 bits per heavy atom. The van der Waals surface area contributed by atoms with E-state index in [-0.39, 0.29) is 83.4 Å². The first-order valence-electron chi connectivity index (χ1n) is 14.4. The van der Waals surface area contributed by atoms with E-state index >= 15 is 8.78 Å². The monoisotopic (exact) mass is 656 g/mol. The second kappa shape index (κ2) is 14.7. The van der Waals surface area contributed by atoms with Crippen molar-refractivity contribution >= 4 is 55.7 Å². The fourth-order valence-corrected chi connectivity index (χ4v) is 5.82. The summed E-state index contributed by atoms with van der Waals surface area (Å²) in [6.07, 6.45) is 0.117. The molecule has 4 aromatic rings. The molecule has 4 rings (SSSR count). The van der Waals surface area contributed by atoms with Crippen LogP contribution in [0.1, 0.15) is 59.6 Å². The summed E-state index contributed by atoms with van der Waals surface area (Å²) in [5.41, 5.74) is -0.683. The van der Waals surface area contributed by atoms with Crippen LogP contribution >= 0.6 is 11.3 Å². The molecule has 3 aromatic carbocycles. The number of Topliss-reactive ketones (excluding diaryl/α,β-unsaturated/α-hetero) is 2. The van der Waals surface area contributed by atoms with E-state index in [1.54, 1.807) is 32.0 Å². The molecule has 0 aliphatic carbocycles. The highest BCUT2D eigenvalue weighted by Gasteiger charge is 2.33. The maximum Gasteiger partial charge on any atom is 0.311 e. The van der Waals surface area contributed by atoms with Crippen molar-refractivity contribution in [2.45, 2.75) is 39.5 Å². The van der Waals surface area contributed by atoms with Crippen molar-refractivity contribution in [1.29, 1.82) is 0 Å². The van der Waals surface area contributed by atoms with Crippen molar-refractivity contribution in [3.05, 3.63) is 64.5 Å². The summed E-state index contributed by atoms with van der Waals surface area (Å²) in [4.78, 5) is 48.9. The molecule has 0 aliphatic heterocycles. The molecule has 1 aromatic heterocycles. The fourth-order valence-electron chi connectivity index (χ4n) is 4.79. The Morgan fingerprint density at radius 1 is 0.783 bits per heavy atom. The summed E-state index contributed by atoms with van der Waals surface area (Å²) in [5, 5.41) is 0.948. The molecular weight excluding hydrogens is 622 g/mol. The van der Waals surface area contributed by atoms with Gasteiger partial charge in [0.2, 0.25) is 0 Å². The molecule has 0 saturated heterocycles. The number of carbonyl (C=O) groups excluding carboxylic acids is 4. The van der Waals surface area contributed by atoms with Crippen molar-refractivity contribution < 1.29 is 51.6 Å². The van der Waals surface area contributed by atoms with E-state index in [4.69, 9.17) is 18.9 Å². The molecule has 0 bridgehead atoms. The van der Waals surface area contributed by atoms with Crippen LogP contribution < -0.4 is 14.2 Å². The van der Waals surface area contributed by atoms with Crippen molar-refractivity contribution in [3.63, 3.8) is 0 Å². The maximum absolute atomic E-state index is 15.6. The number of hydrogen-bond acceptors (Lipinski definition) is 10. The van der Waals surface area contributed by atoms with Crippen LogP contribution in [0.5, 0.6) is 17.2 Å². The number of rotatable bonds is 15. The predicted molar refractivity (Wildman–Crippen MR) is 168 cm³/mol. The quantitative estimate of drug-likeness (QED) is 0.0751. The van der Waals surface area contributed by atoms with Gasteiger partial charge < -0.3 is 23.7 Å². The standard InChI is InChI=1S/C34H34F2O9S/c1-34(2,33(40)43-5)18-24(38)28-16-22-27(46-28)17-26(41-3)32(31(22)36)45-14-6-13-44-25-11-8-19-15-20(7-9-21(19)30(25)35)23(37)10-12-29(39)42-4/h7-9,11,15-17H,6,10,12-14,18H2,1-5H3. The first-order chi connectivity index (χ1) is 21.9. The summed E-state index contributed by atoms with van der Waals surface area (Å²) < 4.78 is 57.2. The average Bonchev–Trinajstić information content (AvgIpc) is 3.49. The zero-order valence-corrected chi connectivity index (χ0v) is 26.9. The molecule has 0 saturated carbocycles. The third-order valence-electron chi connectivity index (χ3n) is 7.33. The Bertz CT molecular complexity index is 1790. The van der Waals surface area contributed by atoms with Crippen molar-refractivity contribution in [1.82, 2.24) is 0 Å². The Morgan fingerprint density at radius 3 is 2.22 bits per heavy atom. The number of fused-ring (bicyclic) bond motifs is 2. The van der Waals surface area contributed by atoms with Gasteiger partial charge in [-0.15, -0.1) is 11.3 Å². The van der Waals surface area contributed by atoms with Crippen LogP contribution in [0.3, 0.4) is 0 Å².